The number of aliphatic hydroxyl groups excluding tert-OH is 1. The molecule has 0 heterocycles. The summed E-state index contributed by atoms with van der Waals surface area (Å²) in [6, 6.07) is 0. The molecule has 0 radical (unpaired) electrons. The number of carbonyl (C=O) groups excluding carboxylic acids is 1. The number of methoxy groups -OCH3 is 1. The van der Waals surface area contributed by atoms with Gasteiger partial charge in [-0.3, -0.25) is 4.79 Å². The molecular weight excluding hydrogens is 170 g/mol. The number of nitrogens with one attached hydrogen (secondary N) is 1. The standard InChI is InChI=1S/C9H19NO3/c1-3-4-9(12)10-6-5-8(11)7-13-2/h8,11H,3-7H2,1-2H3,(H,10,12). The molecular formula is C9H19NO3. The van der Waals surface area contributed by atoms with Gasteiger partial charge in [-0.1, -0.05) is 6.92 Å². The van der Waals surface area contributed by atoms with Crippen LogP contribution in [-0.2, 0) is 9.53 Å². The fourth-order valence-corrected chi connectivity index (χ4v) is 0.969. The molecule has 0 aliphatic rings. The molecule has 0 spiro atoms. The van der Waals surface area contributed by atoms with E-state index < -0.39 is 6.10 Å². The van der Waals surface area contributed by atoms with Gasteiger partial charge in [-0.15, -0.1) is 0 Å². The van der Waals surface area contributed by atoms with Gasteiger partial charge in [-0.05, 0) is 12.8 Å². The average molecular weight is 189 g/mol. The van der Waals surface area contributed by atoms with E-state index in [0.29, 0.717) is 26.0 Å². The smallest absolute Gasteiger partial charge is 0.219 e. The van der Waals surface area contributed by atoms with Gasteiger partial charge in [0.2, 0.25) is 5.91 Å². The van der Waals surface area contributed by atoms with Crippen LogP contribution in [0.1, 0.15) is 26.2 Å². The van der Waals surface area contributed by atoms with Crippen molar-refractivity contribution in [3.8, 4) is 0 Å². The van der Waals surface area contributed by atoms with E-state index in [1.807, 2.05) is 6.92 Å². The minimum atomic E-state index is -0.480. The lowest BCUT2D eigenvalue weighted by molar-refractivity contribution is -0.121. The Kier molecular flexibility index (Phi) is 7.63. The summed E-state index contributed by atoms with van der Waals surface area (Å²) in [6.45, 7) is 2.80. The lowest BCUT2D eigenvalue weighted by Crippen LogP contribution is -2.28. The third kappa shape index (κ3) is 7.74. The van der Waals surface area contributed by atoms with Crippen molar-refractivity contribution in [1.29, 1.82) is 0 Å². The van der Waals surface area contributed by atoms with Crippen LogP contribution in [0.2, 0.25) is 0 Å². The Balaban J connectivity index is 3.28. The first-order chi connectivity index (χ1) is 6.20. The van der Waals surface area contributed by atoms with Crippen molar-refractivity contribution in [2.24, 2.45) is 0 Å². The third-order valence-corrected chi connectivity index (χ3v) is 1.64. The second kappa shape index (κ2) is 8.01. The Hall–Kier alpha value is -0.610. The van der Waals surface area contributed by atoms with Crippen LogP contribution in [0, 0.1) is 0 Å². The number of aliphatic hydroxyl groups is 1. The topological polar surface area (TPSA) is 58.6 Å². The molecule has 1 amide bonds. The van der Waals surface area contributed by atoms with Gasteiger partial charge in [-0.2, -0.15) is 0 Å². The van der Waals surface area contributed by atoms with Gasteiger partial charge < -0.3 is 15.2 Å². The molecule has 0 saturated carbocycles. The summed E-state index contributed by atoms with van der Waals surface area (Å²) in [5.74, 6) is 0.0483. The molecule has 0 fully saturated rings. The van der Waals surface area contributed by atoms with Crippen molar-refractivity contribution in [1.82, 2.24) is 5.32 Å². The second-order valence-electron chi connectivity index (χ2n) is 3.00. The summed E-state index contributed by atoms with van der Waals surface area (Å²) >= 11 is 0. The zero-order valence-electron chi connectivity index (χ0n) is 8.38. The van der Waals surface area contributed by atoms with Crippen LogP contribution in [0.3, 0.4) is 0 Å². The average Bonchev–Trinajstić information content (AvgIpc) is 2.05. The minimum Gasteiger partial charge on any atom is -0.391 e. The molecule has 4 nitrogen and oxygen atoms in total. The predicted octanol–water partition coefficient (Wildman–Crippen LogP) is 0.300. The number of hydrogen-bond donors (Lipinski definition) is 2. The van der Waals surface area contributed by atoms with E-state index in [0.717, 1.165) is 6.42 Å². The summed E-state index contributed by atoms with van der Waals surface area (Å²) in [5.41, 5.74) is 0. The van der Waals surface area contributed by atoms with E-state index in [9.17, 15) is 9.90 Å². The van der Waals surface area contributed by atoms with Gasteiger partial charge in [0.25, 0.3) is 0 Å². The number of rotatable bonds is 7. The first-order valence-electron chi connectivity index (χ1n) is 4.64. The molecule has 0 aromatic heterocycles. The molecule has 1 unspecified atom stereocenters. The summed E-state index contributed by atoms with van der Waals surface area (Å²) < 4.78 is 4.75. The Labute approximate surface area is 79.3 Å². The molecule has 2 N–H and O–H groups in total. The van der Waals surface area contributed by atoms with E-state index in [1.165, 1.54) is 0 Å². The highest BCUT2D eigenvalue weighted by atomic mass is 16.5. The lowest BCUT2D eigenvalue weighted by atomic mass is 10.2. The van der Waals surface area contributed by atoms with Crippen LogP contribution >= 0.6 is 0 Å². The van der Waals surface area contributed by atoms with Crippen LogP contribution in [0.5, 0.6) is 0 Å². The first kappa shape index (κ1) is 12.4. The molecule has 0 aromatic rings. The zero-order valence-corrected chi connectivity index (χ0v) is 8.38. The van der Waals surface area contributed by atoms with Crippen LogP contribution in [0.4, 0.5) is 0 Å². The van der Waals surface area contributed by atoms with Crippen LogP contribution in [0.15, 0.2) is 0 Å². The van der Waals surface area contributed by atoms with Crippen LogP contribution < -0.4 is 5.32 Å². The highest BCUT2D eigenvalue weighted by Crippen LogP contribution is 1.91. The molecule has 0 aromatic carbocycles. The molecule has 4 heteroatoms. The Bertz CT molecular complexity index is 139. The van der Waals surface area contributed by atoms with Gasteiger partial charge in [-0.25, -0.2) is 0 Å². The third-order valence-electron chi connectivity index (χ3n) is 1.64. The maximum atomic E-state index is 11.0. The Morgan fingerprint density at radius 1 is 1.62 bits per heavy atom. The molecule has 0 aliphatic carbocycles. The van der Waals surface area contributed by atoms with Gasteiger partial charge in [0, 0.05) is 20.1 Å². The normalized spacial score (nSPS) is 12.5. The van der Waals surface area contributed by atoms with Crippen molar-refractivity contribution in [2.75, 3.05) is 20.3 Å². The van der Waals surface area contributed by atoms with E-state index in [-0.39, 0.29) is 5.91 Å². The molecule has 0 aliphatic heterocycles. The molecule has 13 heavy (non-hydrogen) atoms. The number of carbonyl (C=O) groups is 1. The fourth-order valence-electron chi connectivity index (χ4n) is 0.969. The molecule has 0 rings (SSSR count). The number of ether oxygens (including phenoxy) is 1. The van der Waals surface area contributed by atoms with Crippen molar-refractivity contribution in [3.05, 3.63) is 0 Å². The lowest BCUT2D eigenvalue weighted by Gasteiger charge is -2.09. The van der Waals surface area contributed by atoms with Gasteiger partial charge >= 0.3 is 0 Å². The fraction of sp³-hybridized carbons (Fsp3) is 0.889. The van der Waals surface area contributed by atoms with Crippen molar-refractivity contribution in [2.45, 2.75) is 32.3 Å². The zero-order chi connectivity index (χ0) is 10.1. The highest BCUT2D eigenvalue weighted by Gasteiger charge is 2.03. The van der Waals surface area contributed by atoms with Gasteiger partial charge in [0.05, 0.1) is 12.7 Å². The molecule has 0 saturated heterocycles. The number of amides is 1. The number of hydrogen-bond acceptors (Lipinski definition) is 3. The molecule has 1 atom stereocenters. The monoisotopic (exact) mass is 189 g/mol. The van der Waals surface area contributed by atoms with Crippen molar-refractivity contribution >= 4 is 5.91 Å². The molecule has 78 valence electrons. The Morgan fingerprint density at radius 3 is 2.85 bits per heavy atom. The largest absolute Gasteiger partial charge is 0.391 e. The summed E-state index contributed by atoms with van der Waals surface area (Å²) in [7, 11) is 1.54. The van der Waals surface area contributed by atoms with E-state index in [4.69, 9.17) is 4.74 Å². The van der Waals surface area contributed by atoms with E-state index in [2.05, 4.69) is 5.32 Å². The SMILES string of the molecule is CCCC(=O)NCCC(O)COC. The quantitative estimate of drug-likeness (QED) is 0.605. The second-order valence-corrected chi connectivity index (χ2v) is 3.00. The first-order valence-corrected chi connectivity index (χ1v) is 4.64. The molecule has 0 bridgehead atoms. The summed E-state index contributed by atoms with van der Waals surface area (Å²) in [4.78, 5) is 11.0. The summed E-state index contributed by atoms with van der Waals surface area (Å²) in [5, 5.41) is 11.9. The van der Waals surface area contributed by atoms with Gasteiger partial charge in [0.1, 0.15) is 0 Å². The van der Waals surface area contributed by atoms with E-state index >= 15 is 0 Å². The van der Waals surface area contributed by atoms with Crippen LogP contribution in [0.25, 0.3) is 0 Å². The van der Waals surface area contributed by atoms with Crippen molar-refractivity contribution < 1.29 is 14.6 Å². The summed E-state index contributed by atoms with van der Waals surface area (Å²) in [6.07, 6.45) is 1.47. The highest BCUT2D eigenvalue weighted by molar-refractivity contribution is 5.75. The predicted molar refractivity (Wildman–Crippen MR) is 50.4 cm³/mol. The van der Waals surface area contributed by atoms with E-state index in [1.54, 1.807) is 7.11 Å². The maximum Gasteiger partial charge on any atom is 0.219 e. The maximum absolute atomic E-state index is 11.0. The van der Waals surface area contributed by atoms with Crippen LogP contribution in [-0.4, -0.2) is 37.4 Å². The Morgan fingerprint density at radius 2 is 2.31 bits per heavy atom. The van der Waals surface area contributed by atoms with Crippen molar-refractivity contribution in [3.63, 3.8) is 0 Å². The minimum absolute atomic E-state index is 0.0483. The van der Waals surface area contributed by atoms with Gasteiger partial charge in [0.15, 0.2) is 0 Å².